The van der Waals surface area contributed by atoms with Crippen molar-refractivity contribution in [2.24, 2.45) is 0 Å². The number of aliphatic hydroxyl groups is 1. The zero-order chi connectivity index (χ0) is 21.6. The normalized spacial score (nSPS) is 21.8. The van der Waals surface area contributed by atoms with Crippen molar-refractivity contribution in [1.29, 1.82) is 5.26 Å². The number of likely N-dealkylation sites (tertiary alicyclic amines) is 1. The zero-order valence-corrected chi connectivity index (χ0v) is 16.8. The molecule has 31 heavy (non-hydrogen) atoms. The largest absolute Gasteiger partial charge is 0.388 e. The van der Waals surface area contributed by atoms with Crippen LogP contribution in [0.4, 0.5) is 4.39 Å². The van der Waals surface area contributed by atoms with Gasteiger partial charge in [-0.15, -0.1) is 0 Å². The third-order valence-corrected chi connectivity index (χ3v) is 6.51. The lowest BCUT2D eigenvalue weighted by molar-refractivity contribution is 0.0770. The van der Waals surface area contributed by atoms with Crippen LogP contribution in [0.3, 0.4) is 0 Å². The van der Waals surface area contributed by atoms with E-state index in [4.69, 9.17) is 0 Å². The molecule has 1 N–H and O–H groups in total. The van der Waals surface area contributed by atoms with Crippen LogP contribution in [0.1, 0.15) is 46.1 Å². The number of carbonyl (C=O) groups excluding carboxylic acids is 1. The van der Waals surface area contributed by atoms with Gasteiger partial charge in [-0.1, -0.05) is 30.3 Å². The number of nitriles is 1. The summed E-state index contributed by atoms with van der Waals surface area (Å²) >= 11 is 0. The molecule has 2 aliphatic rings. The molecule has 1 aliphatic carbocycles. The summed E-state index contributed by atoms with van der Waals surface area (Å²) in [6.07, 6.45) is 1.72. The quantitative estimate of drug-likeness (QED) is 0.689. The Labute approximate surface area is 179 Å². The minimum atomic E-state index is -0.622. The van der Waals surface area contributed by atoms with E-state index in [1.807, 2.05) is 36.4 Å². The molecule has 2 heterocycles. The number of pyridine rings is 1. The number of fused-ring (bicyclic) bond motifs is 2. The fourth-order valence-corrected chi connectivity index (χ4v) is 5.01. The van der Waals surface area contributed by atoms with Crippen LogP contribution in [0.25, 0.3) is 11.1 Å². The molecule has 1 aromatic heterocycles. The highest BCUT2D eigenvalue weighted by Gasteiger charge is 2.48. The maximum Gasteiger partial charge on any atom is 0.272 e. The molecule has 2 atom stereocenters. The highest BCUT2D eigenvalue weighted by molar-refractivity contribution is 5.92. The van der Waals surface area contributed by atoms with Gasteiger partial charge in [0.2, 0.25) is 0 Å². The lowest BCUT2D eigenvalue weighted by atomic mass is 9.80. The Morgan fingerprint density at radius 3 is 2.84 bits per heavy atom. The fourth-order valence-electron chi connectivity index (χ4n) is 5.01. The summed E-state index contributed by atoms with van der Waals surface area (Å²) in [6.45, 7) is 1.05. The van der Waals surface area contributed by atoms with Gasteiger partial charge in [-0.25, -0.2) is 9.37 Å². The highest BCUT2D eigenvalue weighted by Crippen LogP contribution is 2.51. The van der Waals surface area contributed by atoms with Gasteiger partial charge in [-0.3, -0.25) is 4.79 Å². The molecule has 5 nitrogen and oxygen atoms in total. The Bertz CT molecular complexity index is 1220. The molecule has 1 aliphatic heterocycles. The van der Waals surface area contributed by atoms with E-state index < -0.39 is 11.9 Å². The first-order chi connectivity index (χ1) is 15.0. The van der Waals surface area contributed by atoms with Gasteiger partial charge in [-0.05, 0) is 59.4 Å². The molecular formula is C25H20FN3O2. The van der Waals surface area contributed by atoms with Crippen molar-refractivity contribution in [1.82, 2.24) is 9.88 Å². The van der Waals surface area contributed by atoms with Crippen molar-refractivity contribution in [3.05, 3.63) is 89.0 Å². The smallest absolute Gasteiger partial charge is 0.272 e. The van der Waals surface area contributed by atoms with Gasteiger partial charge in [0.25, 0.3) is 5.91 Å². The Hall–Kier alpha value is -3.56. The number of carbonyl (C=O) groups is 1. The van der Waals surface area contributed by atoms with Gasteiger partial charge >= 0.3 is 0 Å². The van der Waals surface area contributed by atoms with E-state index in [0.29, 0.717) is 25.1 Å². The van der Waals surface area contributed by atoms with Crippen LogP contribution in [-0.2, 0) is 5.41 Å². The number of benzene rings is 2. The Morgan fingerprint density at radius 1 is 1.23 bits per heavy atom. The van der Waals surface area contributed by atoms with Crippen molar-refractivity contribution in [3.8, 4) is 17.2 Å². The first-order valence-corrected chi connectivity index (χ1v) is 10.2. The van der Waals surface area contributed by atoms with E-state index in [-0.39, 0.29) is 17.0 Å². The van der Waals surface area contributed by atoms with E-state index in [9.17, 15) is 19.6 Å². The monoisotopic (exact) mass is 413 g/mol. The van der Waals surface area contributed by atoms with Gasteiger partial charge in [0.05, 0.1) is 23.9 Å². The molecule has 5 rings (SSSR count). The van der Waals surface area contributed by atoms with Crippen LogP contribution in [0, 0.1) is 17.1 Å². The Kier molecular flexibility index (Phi) is 4.57. The molecule has 2 aromatic carbocycles. The summed E-state index contributed by atoms with van der Waals surface area (Å²) in [6, 6.07) is 18.3. The molecule has 1 amide bonds. The van der Waals surface area contributed by atoms with Crippen molar-refractivity contribution in [2.45, 2.75) is 24.4 Å². The van der Waals surface area contributed by atoms with Crippen LogP contribution in [0.15, 0.2) is 60.8 Å². The maximum atomic E-state index is 13.1. The molecule has 1 spiro atoms. The number of nitrogens with zero attached hydrogens (tertiary/aromatic N) is 3. The molecule has 1 saturated heterocycles. The number of amides is 1. The number of halogens is 1. The van der Waals surface area contributed by atoms with Gasteiger partial charge in [0.15, 0.2) is 0 Å². The van der Waals surface area contributed by atoms with Crippen molar-refractivity contribution in [3.63, 3.8) is 0 Å². The molecule has 0 radical (unpaired) electrons. The van der Waals surface area contributed by atoms with Crippen LogP contribution in [-0.4, -0.2) is 34.0 Å². The molecule has 0 bridgehead atoms. The van der Waals surface area contributed by atoms with Crippen LogP contribution in [0.5, 0.6) is 0 Å². The summed E-state index contributed by atoms with van der Waals surface area (Å²) < 4.78 is 13.1. The molecule has 0 saturated carbocycles. The fraction of sp³-hybridized carbons (Fsp3) is 0.240. The number of hydrogen-bond acceptors (Lipinski definition) is 4. The summed E-state index contributed by atoms with van der Waals surface area (Å²) in [5, 5.41) is 20.3. The lowest BCUT2D eigenvalue weighted by Crippen LogP contribution is -2.33. The predicted molar refractivity (Wildman–Crippen MR) is 113 cm³/mol. The van der Waals surface area contributed by atoms with Gasteiger partial charge in [0, 0.05) is 18.5 Å². The van der Waals surface area contributed by atoms with Gasteiger partial charge in [-0.2, -0.15) is 5.26 Å². The molecular weight excluding hydrogens is 393 g/mol. The van der Waals surface area contributed by atoms with Gasteiger partial charge < -0.3 is 10.0 Å². The maximum absolute atomic E-state index is 13.1. The lowest BCUT2D eigenvalue weighted by Gasteiger charge is -2.25. The SMILES string of the molecule is N#Cc1ccccc1-c1ccc2c(c1)C(O)CC21CCN(C(=O)c2ccc(F)cn2)C1. The summed E-state index contributed by atoms with van der Waals surface area (Å²) in [5.41, 5.74) is 4.16. The average molecular weight is 413 g/mol. The first-order valence-electron chi connectivity index (χ1n) is 10.2. The van der Waals surface area contributed by atoms with Crippen LogP contribution >= 0.6 is 0 Å². The van der Waals surface area contributed by atoms with Crippen molar-refractivity contribution >= 4 is 5.91 Å². The van der Waals surface area contributed by atoms with E-state index in [1.165, 1.54) is 12.1 Å². The van der Waals surface area contributed by atoms with Crippen molar-refractivity contribution < 1.29 is 14.3 Å². The second-order valence-electron chi connectivity index (χ2n) is 8.30. The summed E-state index contributed by atoms with van der Waals surface area (Å²) in [5.74, 6) is -0.699. The molecule has 1 fully saturated rings. The van der Waals surface area contributed by atoms with Crippen molar-refractivity contribution in [2.75, 3.05) is 13.1 Å². The topological polar surface area (TPSA) is 77.2 Å². The van der Waals surface area contributed by atoms with Crippen LogP contribution < -0.4 is 0 Å². The number of aliphatic hydroxyl groups excluding tert-OH is 1. The molecule has 3 aromatic rings. The minimum Gasteiger partial charge on any atom is -0.388 e. The summed E-state index contributed by atoms with van der Waals surface area (Å²) in [4.78, 5) is 18.5. The van der Waals surface area contributed by atoms with E-state index in [2.05, 4.69) is 11.1 Å². The Balaban J connectivity index is 1.45. The minimum absolute atomic E-state index is 0.223. The van der Waals surface area contributed by atoms with E-state index in [1.54, 1.807) is 11.0 Å². The zero-order valence-electron chi connectivity index (χ0n) is 16.8. The van der Waals surface area contributed by atoms with E-state index >= 15 is 0 Å². The Morgan fingerprint density at radius 2 is 2.06 bits per heavy atom. The molecule has 154 valence electrons. The second-order valence-corrected chi connectivity index (χ2v) is 8.30. The van der Waals surface area contributed by atoms with Crippen LogP contribution in [0.2, 0.25) is 0 Å². The highest BCUT2D eigenvalue weighted by atomic mass is 19.1. The average Bonchev–Trinajstić information content (AvgIpc) is 3.34. The number of aromatic nitrogens is 1. The molecule has 6 heteroatoms. The predicted octanol–water partition coefficient (Wildman–Crippen LogP) is 3.98. The third-order valence-electron chi connectivity index (χ3n) is 6.51. The second kappa shape index (κ2) is 7.29. The molecule has 2 unspecified atom stereocenters. The van der Waals surface area contributed by atoms with E-state index in [0.717, 1.165) is 34.9 Å². The number of rotatable bonds is 2. The van der Waals surface area contributed by atoms with Gasteiger partial charge in [0.1, 0.15) is 11.5 Å². The first kappa shape index (κ1) is 19.4. The third kappa shape index (κ3) is 3.18. The standard InChI is InChI=1S/C25H20FN3O2/c26-18-6-8-22(28-14-18)24(31)29-10-9-25(15-29)12-23(30)20-11-16(5-7-21(20)25)19-4-2-1-3-17(19)13-27/h1-8,11,14,23,30H,9-10,12,15H2. The number of hydrogen-bond donors (Lipinski definition) is 1. The summed E-state index contributed by atoms with van der Waals surface area (Å²) in [7, 11) is 0.